The van der Waals surface area contributed by atoms with Crippen molar-refractivity contribution < 1.29 is 15.0 Å². The van der Waals surface area contributed by atoms with E-state index in [1.54, 1.807) is 11.1 Å². The van der Waals surface area contributed by atoms with E-state index in [2.05, 4.69) is 4.98 Å². The predicted octanol–water partition coefficient (Wildman–Crippen LogP) is 0.766. The monoisotopic (exact) mass is 284 g/mol. The minimum absolute atomic E-state index is 0.0472. The van der Waals surface area contributed by atoms with E-state index >= 15 is 0 Å². The molecule has 5 nitrogen and oxygen atoms in total. The van der Waals surface area contributed by atoms with Gasteiger partial charge in [-0.1, -0.05) is 0 Å². The molecule has 1 fully saturated rings. The van der Waals surface area contributed by atoms with Crippen molar-refractivity contribution in [2.24, 2.45) is 0 Å². The summed E-state index contributed by atoms with van der Waals surface area (Å²) >= 11 is 1.46. The van der Waals surface area contributed by atoms with Crippen molar-refractivity contribution in [2.45, 2.75) is 37.7 Å². The van der Waals surface area contributed by atoms with E-state index in [-0.39, 0.29) is 19.1 Å². The van der Waals surface area contributed by atoms with E-state index in [1.165, 1.54) is 11.3 Å². The summed E-state index contributed by atoms with van der Waals surface area (Å²) in [5.74, 6) is -0.0472. The molecule has 2 rings (SSSR count). The van der Waals surface area contributed by atoms with Crippen molar-refractivity contribution in [3.05, 3.63) is 16.6 Å². The molecule has 1 atom stereocenters. The van der Waals surface area contributed by atoms with Crippen LogP contribution in [0.15, 0.2) is 11.6 Å². The lowest BCUT2D eigenvalue weighted by Gasteiger charge is -2.40. The minimum atomic E-state index is -1.16. The zero-order valence-corrected chi connectivity index (χ0v) is 12.1. The molecule has 0 radical (unpaired) electrons. The second kappa shape index (κ2) is 5.19. The maximum absolute atomic E-state index is 12.6. The standard InChI is InChI=1S/C13H20N2O3S/c1-12(2,10-14-5-7-19-10)11(17)15-6-3-4-13(18,8-15)9-16/h5,7,16,18H,3-4,6,8-9H2,1-2H3. The molecule has 6 heteroatoms. The largest absolute Gasteiger partial charge is 0.393 e. The molecule has 1 aliphatic heterocycles. The Hall–Kier alpha value is -0.980. The number of likely N-dealkylation sites (tertiary alicyclic amines) is 1. The average Bonchev–Trinajstić information content (AvgIpc) is 2.92. The number of β-amino-alcohol motifs (C(OH)–C–C–N with tert-alkyl or cyclic N) is 1. The first-order chi connectivity index (χ1) is 8.89. The van der Waals surface area contributed by atoms with Gasteiger partial charge in [0.25, 0.3) is 0 Å². The van der Waals surface area contributed by atoms with Gasteiger partial charge in [-0.15, -0.1) is 11.3 Å². The number of nitrogens with zero attached hydrogens (tertiary/aromatic N) is 2. The van der Waals surface area contributed by atoms with Gasteiger partial charge in [-0.3, -0.25) is 4.79 Å². The van der Waals surface area contributed by atoms with E-state index in [0.29, 0.717) is 19.4 Å². The molecule has 1 unspecified atom stereocenters. The highest BCUT2D eigenvalue weighted by molar-refractivity contribution is 7.09. The molecule has 1 aromatic rings. The van der Waals surface area contributed by atoms with Crippen LogP contribution in [0.4, 0.5) is 0 Å². The molecule has 0 aromatic carbocycles. The van der Waals surface area contributed by atoms with Crippen LogP contribution >= 0.6 is 11.3 Å². The van der Waals surface area contributed by atoms with Gasteiger partial charge in [-0.25, -0.2) is 4.98 Å². The number of aliphatic hydroxyl groups is 2. The highest BCUT2D eigenvalue weighted by Crippen LogP contribution is 2.30. The van der Waals surface area contributed by atoms with E-state index in [4.69, 9.17) is 0 Å². The van der Waals surface area contributed by atoms with Crippen molar-refractivity contribution in [1.82, 2.24) is 9.88 Å². The molecular formula is C13H20N2O3S. The van der Waals surface area contributed by atoms with Crippen LogP contribution in [0.5, 0.6) is 0 Å². The Kier molecular flexibility index (Phi) is 3.94. The van der Waals surface area contributed by atoms with Crippen LogP contribution in [0.1, 0.15) is 31.7 Å². The number of aliphatic hydroxyl groups excluding tert-OH is 1. The summed E-state index contributed by atoms with van der Waals surface area (Å²) in [6, 6.07) is 0. The van der Waals surface area contributed by atoms with Crippen molar-refractivity contribution >= 4 is 17.2 Å². The average molecular weight is 284 g/mol. The molecule has 106 valence electrons. The van der Waals surface area contributed by atoms with Crippen molar-refractivity contribution in [3.63, 3.8) is 0 Å². The van der Waals surface area contributed by atoms with E-state index < -0.39 is 11.0 Å². The number of rotatable bonds is 3. The Morgan fingerprint density at radius 2 is 2.37 bits per heavy atom. The lowest BCUT2D eigenvalue weighted by Crippen LogP contribution is -2.55. The van der Waals surface area contributed by atoms with Gasteiger partial charge in [0.05, 0.1) is 18.6 Å². The summed E-state index contributed by atoms with van der Waals surface area (Å²) in [5, 5.41) is 22.0. The lowest BCUT2D eigenvalue weighted by atomic mass is 9.88. The van der Waals surface area contributed by atoms with Gasteiger partial charge >= 0.3 is 0 Å². The van der Waals surface area contributed by atoms with Gasteiger partial charge in [-0.2, -0.15) is 0 Å². The van der Waals surface area contributed by atoms with Gasteiger partial charge in [0.2, 0.25) is 5.91 Å². The summed E-state index contributed by atoms with van der Waals surface area (Å²) in [6.45, 7) is 4.20. The van der Waals surface area contributed by atoms with Crippen LogP contribution in [0.2, 0.25) is 0 Å². The highest BCUT2D eigenvalue weighted by atomic mass is 32.1. The first-order valence-electron chi connectivity index (χ1n) is 6.42. The quantitative estimate of drug-likeness (QED) is 0.859. The number of piperidine rings is 1. The zero-order valence-electron chi connectivity index (χ0n) is 11.3. The predicted molar refractivity (Wildman–Crippen MR) is 73.0 cm³/mol. The Morgan fingerprint density at radius 3 is 2.95 bits per heavy atom. The van der Waals surface area contributed by atoms with Crippen LogP contribution in [0.25, 0.3) is 0 Å². The number of aromatic nitrogens is 1. The molecule has 1 saturated heterocycles. The van der Waals surface area contributed by atoms with Crippen LogP contribution in [-0.2, 0) is 10.2 Å². The number of hydrogen-bond donors (Lipinski definition) is 2. The summed E-state index contributed by atoms with van der Waals surface area (Å²) in [4.78, 5) is 18.5. The summed E-state index contributed by atoms with van der Waals surface area (Å²) in [6.07, 6.45) is 2.93. The molecule has 1 amide bonds. The first-order valence-corrected chi connectivity index (χ1v) is 7.30. The summed E-state index contributed by atoms with van der Waals surface area (Å²) < 4.78 is 0. The highest BCUT2D eigenvalue weighted by Gasteiger charge is 2.41. The fourth-order valence-corrected chi connectivity index (χ4v) is 3.19. The number of amides is 1. The number of thiazole rings is 1. The molecular weight excluding hydrogens is 264 g/mol. The molecule has 0 aliphatic carbocycles. The second-order valence-electron chi connectivity index (χ2n) is 5.67. The zero-order chi connectivity index (χ0) is 14.1. The van der Waals surface area contributed by atoms with Crippen molar-refractivity contribution in [3.8, 4) is 0 Å². The normalized spacial score (nSPS) is 24.5. The topological polar surface area (TPSA) is 73.7 Å². The van der Waals surface area contributed by atoms with Crippen molar-refractivity contribution in [2.75, 3.05) is 19.7 Å². The number of hydrogen-bond acceptors (Lipinski definition) is 5. The maximum atomic E-state index is 12.6. The Morgan fingerprint density at radius 1 is 1.63 bits per heavy atom. The Labute approximate surface area is 116 Å². The molecule has 1 aromatic heterocycles. The first kappa shape index (κ1) is 14.4. The van der Waals surface area contributed by atoms with Crippen LogP contribution in [0.3, 0.4) is 0 Å². The molecule has 1 aliphatic rings. The van der Waals surface area contributed by atoms with Gasteiger partial charge < -0.3 is 15.1 Å². The van der Waals surface area contributed by atoms with E-state index in [9.17, 15) is 15.0 Å². The van der Waals surface area contributed by atoms with Gasteiger partial charge in [-0.05, 0) is 26.7 Å². The van der Waals surface area contributed by atoms with Crippen LogP contribution < -0.4 is 0 Å². The molecule has 0 bridgehead atoms. The molecule has 0 spiro atoms. The number of carbonyl (C=O) groups is 1. The lowest BCUT2D eigenvalue weighted by molar-refractivity contribution is -0.145. The smallest absolute Gasteiger partial charge is 0.235 e. The third-order valence-corrected chi connectivity index (χ3v) is 4.74. The molecule has 0 saturated carbocycles. The fraction of sp³-hybridized carbons (Fsp3) is 0.692. The molecule has 19 heavy (non-hydrogen) atoms. The van der Waals surface area contributed by atoms with E-state index in [1.807, 2.05) is 19.2 Å². The van der Waals surface area contributed by atoms with Crippen LogP contribution in [0, 0.1) is 0 Å². The van der Waals surface area contributed by atoms with Crippen molar-refractivity contribution in [1.29, 1.82) is 0 Å². The minimum Gasteiger partial charge on any atom is -0.393 e. The second-order valence-corrected chi connectivity index (χ2v) is 6.57. The number of carbonyl (C=O) groups excluding carboxylic acids is 1. The summed E-state index contributed by atoms with van der Waals surface area (Å²) in [7, 11) is 0. The molecule has 2 heterocycles. The van der Waals surface area contributed by atoms with Gasteiger partial charge in [0, 0.05) is 18.1 Å². The fourth-order valence-electron chi connectivity index (χ4n) is 2.43. The Balaban J connectivity index is 2.15. The third-order valence-electron chi connectivity index (χ3n) is 3.64. The van der Waals surface area contributed by atoms with Gasteiger partial charge in [0.15, 0.2) is 0 Å². The molecule has 2 N–H and O–H groups in total. The SMILES string of the molecule is CC(C)(C(=O)N1CCCC(O)(CO)C1)c1nccs1. The third kappa shape index (κ3) is 2.80. The Bertz CT molecular complexity index is 447. The summed E-state index contributed by atoms with van der Waals surface area (Å²) in [5.41, 5.74) is -1.85. The van der Waals surface area contributed by atoms with E-state index in [0.717, 1.165) is 5.01 Å². The maximum Gasteiger partial charge on any atom is 0.235 e. The van der Waals surface area contributed by atoms with Gasteiger partial charge in [0.1, 0.15) is 10.6 Å². The van der Waals surface area contributed by atoms with Crippen LogP contribution in [-0.4, -0.2) is 51.3 Å².